The summed E-state index contributed by atoms with van der Waals surface area (Å²) in [5.74, 6) is 0.392. The van der Waals surface area contributed by atoms with Crippen LogP contribution in [0.1, 0.15) is 31.4 Å². The highest BCUT2D eigenvalue weighted by atomic mass is 32.2. The first kappa shape index (κ1) is 16.2. The molecule has 1 aliphatic rings. The van der Waals surface area contributed by atoms with Gasteiger partial charge in [-0.05, 0) is 31.4 Å². The van der Waals surface area contributed by atoms with Gasteiger partial charge in [0.25, 0.3) is 0 Å². The molecule has 0 amide bonds. The van der Waals surface area contributed by atoms with E-state index < -0.39 is 9.84 Å². The van der Waals surface area contributed by atoms with E-state index in [4.69, 9.17) is 4.74 Å². The monoisotopic (exact) mass is 315 g/mol. The third kappa shape index (κ3) is 3.95. The van der Waals surface area contributed by atoms with Crippen molar-refractivity contribution in [3.63, 3.8) is 0 Å². The third-order valence-electron chi connectivity index (χ3n) is 3.93. The van der Waals surface area contributed by atoms with Gasteiger partial charge in [-0.1, -0.05) is 19.1 Å². The summed E-state index contributed by atoms with van der Waals surface area (Å²) >= 11 is 0. The molecule has 6 heteroatoms. The molecule has 1 aromatic carbocycles. The van der Waals surface area contributed by atoms with Crippen LogP contribution in [0.5, 0.6) is 5.75 Å². The molecule has 0 saturated carbocycles. The number of nitrogens with one attached hydrogen (secondary N) is 1. The van der Waals surface area contributed by atoms with Crippen LogP contribution in [0.3, 0.4) is 0 Å². The zero-order valence-electron chi connectivity index (χ0n) is 12.4. The molecule has 2 atom stereocenters. The number of benzene rings is 1. The van der Waals surface area contributed by atoms with Gasteiger partial charge in [-0.15, -0.1) is 0 Å². The Balaban J connectivity index is 2.19. The molecule has 2 unspecified atom stereocenters. The van der Waals surface area contributed by atoms with Crippen molar-refractivity contribution in [3.05, 3.63) is 29.6 Å². The largest absolute Gasteiger partial charge is 0.494 e. The van der Waals surface area contributed by atoms with Gasteiger partial charge in [-0.2, -0.15) is 0 Å². The summed E-state index contributed by atoms with van der Waals surface area (Å²) in [6.07, 6.45) is 1.28. The van der Waals surface area contributed by atoms with Crippen molar-refractivity contribution in [2.45, 2.75) is 25.8 Å². The summed E-state index contributed by atoms with van der Waals surface area (Å²) < 4.78 is 42.5. The highest BCUT2D eigenvalue weighted by Crippen LogP contribution is 2.32. The van der Waals surface area contributed by atoms with Crippen molar-refractivity contribution >= 4 is 9.84 Å². The first-order valence-electron chi connectivity index (χ1n) is 7.23. The highest BCUT2D eigenvalue weighted by molar-refractivity contribution is 7.91. The number of hydrogen-bond donors (Lipinski definition) is 1. The second-order valence-electron chi connectivity index (χ2n) is 5.48. The second kappa shape index (κ2) is 6.75. The van der Waals surface area contributed by atoms with Crippen LogP contribution in [0.2, 0.25) is 0 Å². The SMILES string of the molecule is CCNC(CC1CCS(=O)(=O)C1)c1cccc(OC)c1F. The topological polar surface area (TPSA) is 55.4 Å². The predicted molar refractivity (Wildman–Crippen MR) is 80.7 cm³/mol. The average Bonchev–Trinajstić information content (AvgIpc) is 2.78. The molecule has 0 aliphatic carbocycles. The molecule has 1 saturated heterocycles. The van der Waals surface area contributed by atoms with Gasteiger partial charge in [0.05, 0.1) is 18.6 Å². The molecule has 1 fully saturated rings. The van der Waals surface area contributed by atoms with Gasteiger partial charge in [-0.3, -0.25) is 0 Å². The Kier molecular flexibility index (Phi) is 5.22. The molecular weight excluding hydrogens is 293 g/mol. The van der Waals surface area contributed by atoms with Gasteiger partial charge < -0.3 is 10.1 Å². The summed E-state index contributed by atoms with van der Waals surface area (Å²) in [6.45, 7) is 2.65. The van der Waals surface area contributed by atoms with Crippen LogP contribution in [0.4, 0.5) is 4.39 Å². The molecule has 0 bridgehead atoms. The lowest BCUT2D eigenvalue weighted by Crippen LogP contribution is -2.25. The van der Waals surface area contributed by atoms with E-state index >= 15 is 0 Å². The molecule has 1 N–H and O–H groups in total. The highest BCUT2D eigenvalue weighted by Gasteiger charge is 2.31. The van der Waals surface area contributed by atoms with Gasteiger partial charge in [0.1, 0.15) is 0 Å². The molecule has 4 nitrogen and oxygen atoms in total. The molecule has 0 spiro atoms. The van der Waals surface area contributed by atoms with Gasteiger partial charge >= 0.3 is 0 Å². The zero-order valence-corrected chi connectivity index (χ0v) is 13.2. The van der Waals surface area contributed by atoms with Crippen LogP contribution in [0.15, 0.2) is 18.2 Å². The zero-order chi connectivity index (χ0) is 15.5. The number of methoxy groups -OCH3 is 1. The van der Waals surface area contributed by atoms with E-state index in [-0.39, 0.29) is 35.0 Å². The molecule has 1 aromatic rings. The average molecular weight is 315 g/mol. The van der Waals surface area contributed by atoms with E-state index in [1.165, 1.54) is 7.11 Å². The molecule has 118 valence electrons. The maximum atomic E-state index is 14.4. The van der Waals surface area contributed by atoms with Crippen LogP contribution >= 0.6 is 0 Å². The quantitative estimate of drug-likeness (QED) is 0.875. The van der Waals surface area contributed by atoms with Crippen molar-refractivity contribution < 1.29 is 17.5 Å². The first-order chi connectivity index (χ1) is 9.96. The lowest BCUT2D eigenvalue weighted by atomic mass is 9.93. The van der Waals surface area contributed by atoms with Gasteiger partial charge in [0.2, 0.25) is 0 Å². The fourth-order valence-corrected chi connectivity index (χ4v) is 4.79. The van der Waals surface area contributed by atoms with E-state index in [9.17, 15) is 12.8 Å². The van der Waals surface area contributed by atoms with E-state index in [1.807, 2.05) is 6.92 Å². The van der Waals surface area contributed by atoms with Gasteiger partial charge in [0, 0.05) is 11.6 Å². The van der Waals surface area contributed by atoms with Crippen molar-refractivity contribution in [1.82, 2.24) is 5.32 Å². The Bertz CT molecular complexity index is 589. The normalized spacial score (nSPS) is 22.1. The smallest absolute Gasteiger partial charge is 0.169 e. The maximum absolute atomic E-state index is 14.4. The Hall–Kier alpha value is -1.14. The Morgan fingerprint density at radius 2 is 2.24 bits per heavy atom. The van der Waals surface area contributed by atoms with Gasteiger partial charge in [0.15, 0.2) is 21.4 Å². The van der Waals surface area contributed by atoms with Gasteiger partial charge in [-0.25, -0.2) is 12.8 Å². The summed E-state index contributed by atoms with van der Waals surface area (Å²) in [6, 6.07) is 4.88. The number of ether oxygens (including phenoxy) is 1. The van der Waals surface area contributed by atoms with Crippen LogP contribution in [-0.2, 0) is 9.84 Å². The predicted octanol–water partition coefficient (Wildman–Crippen LogP) is 2.31. The lowest BCUT2D eigenvalue weighted by Gasteiger charge is -2.22. The number of hydrogen-bond acceptors (Lipinski definition) is 4. The molecule has 1 aliphatic heterocycles. The number of rotatable bonds is 6. The minimum atomic E-state index is -2.91. The van der Waals surface area contributed by atoms with E-state index in [0.717, 1.165) is 0 Å². The minimum absolute atomic E-state index is 0.0876. The third-order valence-corrected chi connectivity index (χ3v) is 5.77. The Labute approximate surface area is 125 Å². The summed E-state index contributed by atoms with van der Waals surface area (Å²) in [4.78, 5) is 0. The van der Waals surface area contributed by atoms with E-state index in [0.29, 0.717) is 24.9 Å². The van der Waals surface area contributed by atoms with E-state index in [2.05, 4.69) is 5.32 Å². The Morgan fingerprint density at radius 3 is 2.81 bits per heavy atom. The molecular formula is C15H22FNO3S. The fourth-order valence-electron chi connectivity index (χ4n) is 2.91. The minimum Gasteiger partial charge on any atom is -0.494 e. The molecule has 2 rings (SSSR count). The van der Waals surface area contributed by atoms with Crippen LogP contribution in [0, 0.1) is 11.7 Å². The fraction of sp³-hybridized carbons (Fsp3) is 0.600. The van der Waals surface area contributed by atoms with Crippen molar-refractivity contribution in [3.8, 4) is 5.75 Å². The standard InChI is InChI=1S/C15H22FNO3S/c1-3-17-13(9-11-7-8-21(18,19)10-11)12-5-4-6-14(20-2)15(12)16/h4-6,11,13,17H,3,7-10H2,1-2H3. The van der Waals surface area contributed by atoms with Crippen molar-refractivity contribution in [2.75, 3.05) is 25.2 Å². The first-order valence-corrected chi connectivity index (χ1v) is 9.05. The molecule has 0 radical (unpaired) electrons. The van der Waals surface area contributed by atoms with Crippen LogP contribution in [0.25, 0.3) is 0 Å². The number of sulfone groups is 1. The van der Waals surface area contributed by atoms with Crippen LogP contribution in [-0.4, -0.2) is 33.6 Å². The lowest BCUT2D eigenvalue weighted by molar-refractivity contribution is 0.369. The summed E-state index contributed by atoms with van der Waals surface area (Å²) in [5, 5.41) is 3.25. The maximum Gasteiger partial charge on any atom is 0.169 e. The van der Waals surface area contributed by atoms with Crippen LogP contribution < -0.4 is 10.1 Å². The molecule has 1 heterocycles. The van der Waals surface area contributed by atoms with Crippen molar-refractivity contribution in [2.24, 2.45) is 5.92 Å². The summed E-state index contributed by atoms with van der Waals surface area (Å²) in [5.41, 5.74) is 0.542. The Morgan fingerprint density at radius 1 is 1.48 bits per heavy atom. The second-order valence-corrected chi connectivity index (χ2v) is 7.71. The van der Waals surface area contributed by atoms with Crippen molar-refractivity contribution in [1.29, 1.82) is 0 Å². The number of halogens is 1. The molecule has 0 aromatic heterocycles. The summed E-state index contributed by atoms with van der Waals surface area (Å²) in [7, 11) is -1.47. The molecule has 21 heavy (non-hydrogen) atoms. The van der Waals surface area contributed by atoms with E-state index in [1.54, 1.807) is 18.2 Å².